The Bertz CT molecular complexity index is 406. The van der Waals surface area contributed by atoms with Gasteiger partial charge in [0.05, 0.1) is 0 Å². The van der Waals surface area contributed by atoms with Crippen LogP contribution < -0.4 is 0 Å². The number of aryl methyl sites for hydroxylation is 2. The van der Waals surface area contributed by atoms with Crippen LogP contribution in [-0.2, 0) is 11.2 Å². The van der Waals surface area contributed by atoms with E-state index in [9.17, 15) is 22.4 Å². The summed E-state index contributed by atoms with van der Waals surface area (Å²) < 4.78 is 49.4. The van der Waals surface area contributed by atoms with E-state index in [4.69, 9.17) is 0 Å². The molecular weight excluding hydrogens is 236 g/mol. The molecule has 0 saturated carbocycles. The van der Waals surface area contributed by atoms with Gasteiger partial charge in [-0.25, -0.2) is 8.78 Å². The summed E-state index contributed by atoms with van der Waals surface area (Å²) >= 11 is 0. The van der Waals surface area contributed by atoms with Crippen LogP contribution in [0.25, 0.3) is 0 Å². The Balaban J connectivity index is 2.88. The predicted molar refractivity (Wildman–Crippen MR) is 55.6 cm³/mol. The SMILES string of the molecule is Cc1cc(C)cc(CC(=O)C(F)(F)C(F)F)c1. The fourth-order valence-electron chi connectivity index (χ4n) is 1.60. The molecule has 1 rings (SSSR count). The van der Waals surface area contributed by atoms with E-state index in [1.807, 2.05) is 0 Å². The van der Waals surface area contributed by atoms with Crippen molar-refractivity contribution in [2.45, 2.75) is 32.6 Å². The van der Waals surface area contributed by atoms with Crippen molar-refractivity contribution in [2.75, 3.05) is 0 Å². The first kappa shape index (κ1) is 13.7. The molecule has 0 aliphatic carbocycles. The maximum absolute atomic E-state index is 12.7. The van der Waals surface area contributed by atoms with Crippen LogP contribution in [0, 0.1) is 13.8 Å². The summed E-state index contributed by atoms with van der Waals surface area (Å²) in [5.41, 5.74) is 1.93. The van der Waals surface area contributed by atoms with Gasteiger partial charge in [-0.1, -0.05) is 29.3 Å². The molecule has 0 aliphatic heterocycles. The second-order valence-electron chi connectivity index (χ2n) is 4.02. The van der Waals surface area contributed by atoms with E-state index < -0.39 is 24.6 Å². The zero-order valence-corrected chi connectivity index (χ0v) is 9.44. The third kappa shape index (κ3) is 3.28. The van der Waals surface area contributed by atoms with Gasteiger partial charge in [0.15, 0.2) is 0 Å². The van der Waals surface area contributed by atoms with E-state index >= 15 is 0 Å². The standard InChI is InChI=1S/C12H12F4O/c1-7-3-8(2)5-9(4-7)6-10(17)12(15,16)11(13)14/h3-5,11H,6H2,1-2H3. The van der Waals surface area contributed by atoms with Gasteiger partial charge in [-0.2, -0.15) is 8.78 Å². The zero-order chi connectivity index (χ0) is 13.2. The van der Waals surface area contributed by atoms with Gasteiger partial charge in [-0.15, -0.1) is 0 Å². The molecule has 0 unspecified atom stereocenters. The van der Waals surface area contributed by atoms with Gasteiger partial charge in [-0.3, -0.25) is 4.79 Å². The van der Waals surface area contributed by atoms with Gasteiger partial charge in [-0.05, 0) is 19.4 Å². The molecule has 0 amide bonds. The first-order chi connectivity index (χ1) is 7.73. The molecule has 0 heterocycles. The van der Waals surface area contributed by atoms with Crippen molar-refractivity contribution in [2.24, 2.45) is 0 Å². The summed E-state index contributed by atoms with van der Waals surface area (Å²) in [5.74, 6) is -6.32. The van der Waals surface area contributed by atoms with Gasteiger partial charge in [0.25, 0.3) is 0 Å². The topological polar surface area (TPSA) is 17.1 Å². The van der Waals surface area contributed by atoms with Crippen molar-refractivity contribution in [3.63, 3.8) is 0 Å². The molecule has 0 spiro atoms. The normalized spacial score (nSPS) is 11.9. The molecule has 0 fully saturated rings. The quantitative estimate of drug-likeness (QED) is 0.747. The third-order valence-electron chi connectivity index (χ3n) is 2.29. The molecule has 17 heavy (non-hydrogen) atoms. The summed E-state index contributed by atoms with van der Waals surface area (Å²) in [4.78, 5) is 11.1. The highest BCUT2D eigenvalue weighted by atomic mass is 19.3. The van der Waals surface area contributed by atoms with E-state index in [1.54, 1.807) is 19.9 Å². The Morgan fingerprint density at radius 1 is 1.18 bits per heavy atom. The van der Waals surface area contributed by atoms with Gasteiger partial charge in [0.2, 0.25) is 5.78 Å². The fraction of sp³-hybridized carbons (Fsp3) is 0.417. The number of Topliss-reactive ketones (excluding diaryl/α,β-unsaturated/α-hetero) is 1. The smallest absolute Gasteiger partial charge is 0.292 e. The van der Waals surface area contributed by atoms with Crippen LogP contribution in [0.3, 0.4) is 0 Å². The highest BCUT2D eigenvalue weighted by molar-refractivity contribution is 5.88. The van der Waals surface area contributed by atoms with Gasteiger partial charge in [0.1, 0.15) is 0 Å². The van der Waals surface area contributed by atoms with Crippen molar-refractivity contribution in [3.8, 4) is 0 Å². The highest BCUT2D eigenvalue weighted by Crippen LogP contribution is 2.25. The molecule has 0 saturated heterocycles. The van der Waals surface area contributed by atoms with Crippen molar-refractivity contribution in [3.05, 3.63) is 34.9 Å². The molecule has 1 aromatic carbocycles. The number of hydrogen-bond acceptors (Lipinski definition) is 1. The van der Waals surface area contributed by atoms with E-state index in [1.165, 1.54) is 12.1 Å². The molecule has 0 atom stereocenters. The average molecular weight is 248 g/mol. The van der Waals surface area contributed by atoms with Gasteiger partial charge >= 0.3 is 12.3 Å². The minimum Gasteiger partial charge on any atom is -0.292 e. The molecule has 0 radical (unpaired) electrons. The largest absolute Gasteiger partial charge is 0.364 e. The number of alkyl halides is 4. The van der Waals surface area contributed by atoms with Crippen LogP contribution in [0.5, 0.6) is 0 Å². The van der Waals surface area contributed by atoms with Crippen molar-refractivity contribution >= 4 is 5.78 Å². The van der Waals surface area contributed by atoms with E-state index in [0.29, 0.717) is 5.56 Å². The Morgan fingerprint density at radius 2 is 1.65 bits per heavy atom. The van der Waals surface area contributed by atoms with E-state index in [2.05, 4.69) is 0 Å². The second kappa shape index (κ2) is 4.85. The van der Waals surface area contributed by atoms with Crippen LogP contribution in [0.4, 0.5) is 17.6 Å². The molecule has 1 nitrogen and oxygen atoms in total. The number of benzene rings is 1. The Hall–Kier alpha value is -1.39. The second-order valence-corrected chi connectivity index (χ2v) is 4.02. The van der Waals surface area contributed by atoms with Crippen LogP contribution in [0.1, 0.15) is 16.7 Å². The summed E-state index contributed by atoms with van der Waals surface area (Å²) in [6, 6.07) is 4.87. The van der Waals surface area contributed by atoms with E-state index in [0.717, 1.165) is 11.1 Å². The molecular formula is C12H12F4O. The summed E-state index contributed by atoms with van der Waals surface area (Å²) in [6.45, 7) is 3.48. The predicted octanol–water partition coefficient (Wildman–Crippen LogP) is 3.32. The van der Waals surface area contributed by atoms with Crippen molar-refractivity contribution in [1.82, 2.24) is 0 Å². The summed E-state index contributed by atoms with van der Waals surface area (Å²) in [5, 5.41) is 0. The summed E-state index contributed by atoms with van der Waals surface area (Å²) in [6.07, 6.45) is -4.64. The minimum atomic E-state index is -4.57. The number of ketones is 1. The molecule has 94 valence electrons. The molecule has 1 aromatic rings. The molecule has 0 bridgehead atoms. The lowest BCUT2D eigenvalue weighted by Gasteiger charge is -2.14. The van der Waals surface area contributed by atoms with Gasteiger partial charge < -0.3 is 0 Å². The number of rotatable bonds is 4. The fourth-order valence-corrected chi connectivity index (χ4v) is 1.60. The first-order valence-corrected chi connectivity index (χ1v) is 5.00. The number of halogens is 4. The van der Waals surface area contributed by atoms with E-state index in [-0.39, 0.29) is 0 Å². The Kier molecular flexibility index (Phi) is 3.91. The lowest BCUT2D eigenvalue weighted by atomic mass is 10.0. The van der Waals surface area contributed by atoms with Crippen LogP contribution in [0.15, 0.2) is 18.2 Å². The minimum absolute atomic E-state index is 0.327. The van der Waals surface area contributed by atoms with Crippen molar-refractivity contribution in [1.29, 1.82) is 0 Å². The number of carbonyl (C=O) groups is 1. The molecule has 0 aliphatic rings. The first-order valence-electron chi connectivity index (χ1n) is 5.00. The summed E-state index contributed by atoms with van der Waals surface area (Å²) in [7, 11) is 0. The van der Waals surface area contributed by atoms with Crippen LogP contribution >= 0.6 is 0 Å². The lowest BCUT2D eigenvalue weighted by molar-refractivity contribution is -0.166. The van der Waals surface area contributed by atoms with Crippen molar-refractivity contribution < 1.29 is 22.4 Å². The molecule has 0 N–H and O–H groups in total. The Morgan fingerprint density at radius 3 is 2.06 bits per heavy atom. The zero-order valence-electron chi connectivity index (χ0n) is 9.44. The van der Waals surface area contributed by atoms with Gasteiger partial charge in [0, 0.05) is 6.42 Å². The lowest BCUT2D eigenvalue weighted by Crippen LogP contribution is -2.37. The molecule has 0 aromatic heterocycles. The Labute approximate surface area is 96.4 Å². The maximum atomic E-state index is 12.7. The number of hydrogen-bond donors (Lipinski definition) is 0. The van der Waals surface area contributed by atoms with Crippen LogP contribution in [0.2, 0.25) is 0 Å². The van der Waals surface area contributed by atoms with Crippen LogP contribution in [-0.4, -0.2) is 18.1 Å². The maximum Gasteiger partial charge on any atom is 0.364 e. The third-order valence-corrected chi connectivity index (χ3v) is 2.29. The number of carbonyl (C=O) groups excluding carboxylic acids is 1. The average Bonchev–Trinajstić information content (AvgIpc) is 2.15. The highest BCUT2D eigenvalue weighted by Gasteiger charge is 2.47. The molecule has 5 heteroatoms. The monoisotopic (exact) mass is 248 g/mol.